The minimum Gasteiger partial charge on any atom is -0.330 e. The second-order valence-electron chi connectivity index (χ2n) is 4.60. The van der Waals surface area contributed by atoms with Crippen LogP contribution in [0.5, 0.6) is 0 Å². The molecule has 1 aliphatic rings. The first-order chi connectivity index (χ1) is 6.88. The van der Waals surface area contributed by atoms with Gasteiger partial charge in [0, 0.05) is 0 Å². The van der Waals surface area contributed by atoms with Crippen LogP contribution in [0.4, 0.5) is 0 Å². The second kappa shape index (κ2) is 7.24. The molecule has 84 valence electrons. The van der Waals surface area contributed by atoms with Crippen LogP contribution in [0.25, 0.3) is 0 Å². The van der Waals surface area contributed by atoms with E-state index >= 15 is 0 Å². The van der Waals surface area contributed by atoms with Crippen LogP contribution in [-0.4, -0.2) is 19.6 Å². The fourth-order valence-corrected chi connectivity index (χ4v) is 2.45. The van der Waals surface area contributed by atoms with E-state index in [-0.39, 0.29) is 0 Å². The smallest absolute Gasteiger partial charge is 0.00174 e. The molecule has 1 rings (SSSR count). The fourth-order valence-electron chi connectivity index (χ4n) is 2.45. The summed E-state index contributed by atoms with van der Waals surface area (Å²) in [6.45, 7) is 5.51. The Balaban J connectivity index is 2.13. The summed E-state index contributed by atoms with van der Waals surface area (Å²) in [5, 5.41) is 3.56. The predicted octanol–water partition coefficient (Wildman–Crippen LogP) is 2.14. The summed E-state index contributed by atoms with van der Waals surface area (Å²) >= 11 is 0. The third-order valence-corrected chi connectivity index (χ3v) is 3.48. The quantitative estimate of drug-likeness (QED) is 0.642. The highest BCUT2D eigenvalue weighted by atomic mass is 14.9. The van der Waals surface area contributed by atoms with Gasteiger partial charge in [-0.2, -0.15) is 0 Å². The molecule has 3 N–H and O–H groups in total. The lowest BCUT2D eigenvalue weighted by Crippen LogP contribution is -2.34. The highest BCUT2D eigenvalue weighted by Gasteiger charge is 2.22. The number of nitrogens with two attached hydrogens (primary N) is 1. The van der Waals surface area contributed by atoms with Gasteiger partial charge in [-0.15, -0.1) is 0 Å². The molecule has 0 radical (unpaired) electrons. The molecular weight excluding hydrogens is 172 g/mol. The summed E-state index contributed by atoms with van der Waals surface area (Å²) in [4.78, 5) is 0. The molecule has 2 unspecified atom stereocenters. The summed E-state index contributed by atoms with van der Waals surface area (Å²) in [6, 6.07) is 0. The third-order valence-electron chi connectivity index (χ3n) is 3.48. The van der Waals surface area contributed by atoms with Gasteiger partial charge in [0.05, 0.1) is 0 Å². The van der Waals surface area contributed by atoms with Crippen LogP contribution < -0.4 is 11.1 Å². The maximum absolute atomic E-state index is 5.80. The van der Waals surface area contributed by atoms with Gasteiger partial charge in [-0.25, -0.2) is 0 Å². The molecule has 0 saturated heterocycles. The third kappa shape index (κ3) is 3.97. The van der Waals surface area contributed by atoms with Crippen molar-refractivity contribution in [1.82, 2.24) is 5.32 Å². The average Bonchev–Trinajstić information content (AvgIpc) is 2.25. The molecule has 1 fully saturated rings. The molecule has 0 heterocycles. The minimum absolute atomic E-state index is 0.790. The molecule has 0 amide bonds. The van der Waals surface area contributed by atoms with E-state index in [2.05, 4.69) is 12.2 Å². The van der Waals surface area contributed by atoms with Crippen LogP contribution >= 0.6 is 0 Å². The van der Waals surface area contributed by atoms with E-state index in [4.69, 9.17) is 5.73 Å². The van der Waals surface area contributed by atoms with Crippen LogP contribution in [-0.2, 0) is 0 Å². The first-order valence-corrected chi connectivity index (χ1v) is 6.29. The van der Waals surface area contributed by atoms with Crippen molar-refractivity contribution in [3.05, 3.63) is 0 Å². The van der Waals surface area contributed by atoms with Crippen LogP contribution in [0.3, 0.4) is 0 Å². The van der Waals surface area contributed by atoms with E-state index in [1.807, 2.05) is 0 Å². The Morgan fingerprint density at radius 2 is 1.93 bits per heavy atom. The molecule has 2 nitrogen and oxygen atoms in total. The zero-order valence-electron chi connectivity index (χ0n) is 9.60. The Kier molecular flexibility index (Phi) is 6.20. The number of hydrogen-bond acceptors (Lipinski definition) is 2. The molecule has 2 atom stereocenters. The number of rotatable bonds is 6. The van der Waals surface area contributed by atoms with E-state index in [9.17, 15) is 0 Å². The maximum atomic E-state index is 5.80. The van der Waals surface area contributed by atoms with Crippen molar-refractivity contribution in [3.63, 3.8) is 0 Å². The van der Waals surface area contributed by atoms with Gasteiger partial charge < -0.3 is 11.1 Å². The van der Waals surface area contributed by atoms with Crippen molar-refractivity contribution in [2.45, 2.75) is 45.4 Å². The standard InChI is InChI=1S/C12H26N2/c1-2-3-8-14-10-12-7-5-4-6-11(12)9-13/h11-12,14H,2-10,13H2,1H3. The Morgan fingerprint density at radius 1 is 1.21 bits per heavy atom. The summed E-state index contributed by atoms with van der Waals surface area (Å²) in [5.41, 5.74) is 5.80. The second-order valence-corrected chi connectivity index (χ2v) is 4.60. The minimum atomic E-state index is 0.790. The molecule has 14 heavy (non-hydrogen) atoms. The lowest BCUT2D eigenvalue weighted by atomic mass is 9.79. The number of hydrogen-bond donors (Lipinski definition) is 2. The highest BCUT2D eigenvalue weighted by Crippen LogP contribution is 2.28. The highest BCUT2D eigenvalue weighted by molar-refractivity contribution is 4.77. The molecule has 2 heteroatoms. The van der Waals surface area contributed by atoms with Crippen molar-refractivity contribution in [2.24, 2.45) is 17.6 Å². The summed E-state index contributed by atoms with van der Waals surface area (Å²) < 4.78 is 0. The van der Waals surface area contributed by atoms with Gasteiger partial charge in [-0.3, -0.25) is 0 Å². The topological polar surface area (TPSA) is 38.0 Å². The first kappa shape index (κ1) is 12.0. The Labute approximate surface area is 88.6 Å². The largest absolute Gasteiger partial charge is 0.330 e. The summed E-state index contributed by atoms with van der Waals surface area (Å²) in [7, 11) is 0. The molecule has 1 aliphatic carbocycles. The molecule has 0 bridgehead atoms. The Morgan fingerprint density at radius 3 is 2.57 bits per heavy atom. The molecule has 0 aromatic heterocycles. The normalized spacial score (nSPS) is 27.9. The average molecular weight is 198 g/mol. The van der Waals surface area contributed by atoms with E-state index in [1.54, 1.807) is 0 Å². The maximum Gasteiger partial charge on any atom is -0.00174 e. The SMILES string of the molecule is CCCCNCC1CCCCC1CN. The molecule has 1 saturated carbocycles. The van der Waals surface area contributed by atoms with E-state index in [1.165, 1.54) is 51.6 Å². The van der Waals surface area contributed by atoms with Gasteiger partial charge in [0.25, 0.3) is 0 Å². The first-order valence-electron chi connectivity index (χ1n) is 6.29. The molecule has 0 aromatic carbocycles. The van der Waals surface area contributed by atoms with Gasteiger partial charge in [0.1, 0.15) is 0 Å². The van der Waals surface area contributed by atoms with Crippen LogP contribution in [0.1, 0.15) is 45.4 Å². The van der Waals surface area contributed by atoms with E-state index in [0.717, 1.165) is 18.4 Å². The van der Waals surface area contributed by atoms with E-state index < -0.39 is 0 Å². The Hall–Kier alpha value is -0.0800. The number of nitrogens with one attached hydrogen (secondary N) is 1. The predicted molar refractivity (Wildman–Crippen MR) is 62.3 cm³/mol. The van der Waals surface area contributed by atoms with Crippen molar-refractivity contribution in [2.75, 3.05) is 19.6 Å². The van der Waals surface area contributed by atoms with Crippen LogP contribution in [0.15, 0.2) is 0 Å². The summed E-state index contributed by atoms with van der Waals surface area (Å²) in [5.74, 6) is 1.64. The van der Waals surface area contributed by atoms with Crippen molar-refractivity contribution < 1.29 is 0 Å². The fraction of sp³-hybridized carbons (Fsp3) is 1.00. The monoisotopic (exact) mass is 198 g/mol. The molecule has 0 aromatic rings. The zero-order valence-corrected chi connectivity index (χ0v) is 9.60. The van der Waals surface area contributed by atoms with Gasteiger partial charge in [-0.05, 0) is 50.7 Å². The van der Waals surface area contributed by atoms with Crippen molar-refractivity contribution in [1.29, 1.82) is 0 Å². The van der Waals surface area contributed by atoms with Gasteiger partial charge >= 0.3 is 0 Å². The van der Waals surface area contributed by atoms with Gasteiger partial charge in [0.2, 0.25) is 0 Å². The Bertz CT molecular complexity index is 136. The lowest BCUT2D eigenvalue weighted by molar-refractivity contribution is 0.236. The lowest BCUT2D eigenvalue weighted by Gasteiger charge is -2.30. The number of unbranched alkanes of at least 4 members (excludes halogenated alkanes) is 1. The molecular formula is C12H26N2. The van der Waals surface area contributed by atoms with Crippen molar-refractivity contribution in [3.8, 4) is 0 Å². The molecule has 0 aliphatic heterocycles. The molecule has 0 spiro atoms. The van der Waals surface area contributed by atoms with Crippen LogP contribution in [0, 0.1) is 11.8 Å². The van der Waals surface area contributed by atoms with Gasteiger partial charge in [-0.1, -0.05) is 26.2 Å². The summed E-state index contributed by atoms with van der Waals surface area (Å²) in [6.07, 6.45) is 8.15. The van der Waals surface area contributed by atoms with Gasteiger partial charge in [0.15, 0.2) is 0 Å². The van der Waals surface area contributed by atoms with E-state index in [0.29, 0.717) is 0 Å². The zero-order chi connectivity index (χ0) is 10.2. The van der Waals surface area contributed by atoms with Crippen LogP contribution in [0.2, 0.25) is 0 Å². The van der Waals surface area contributed by atoms with Crippen molar-refractivity contribution >= 4 is 0 Å².